The van der Waals surface area contributed by atoms with E-state index in [1.165, 1.54) is 11.3 Å². The van der Waals surface area contributed by atoms with Crippen LogP contribution in [-0.2, 0) is 20.1 Å². The highest BCUT2D eigenvalue weighted by Crippen LogP contribution is 2.06. The van der Waals surface area contributed by atoms with Crippen LogP contribution in [0.3, 0.4) is 0 Å². The van der Waals surface area contributed by atoms with Crippen molar-refractivity contribution in [1.29, 1.82) is 0 Å². The van der Waals surface area contributed by atoms with Gasteiger partial charge in [-0.1, -0.05) is 30.3 Å². The van der Waals surface area contributed by atoms with Gasteiger partial charge >= 0.3 is 0 Å². The Balaban J connectivity index is 1.83. The Morgan fingerprint density at radius 2 is 1.84 bits per heavy atom. The van der Waals surface area contributed by atoms with Crippen LogP contribution in [0, 0.1) is 0 Å². The fraction of sp³-hybridized carbons (Fsp3) is 0.450. The molecule has 1 unspecified atom stereocenters. The Labute approximate surface area is 152 Å². The maximum absolute atomic E-state index is 4.42. The third-order valence-corrected chi connectivity index (χ3v) is 4.61. The molecule has 0 bridgehead atoms. The van der Waals surface area contributed by atoms with Crippen molar-refractivity contribution in [3.05, 3.63) is 59.9 Å². The lowest BCUT2D eigenvalue weighted by Crippen LogP contribution is -2.45. The number of benzene rings is 1. The van der Waals surface area contributed by atoms with Gasteiger partial charge in [0.15, 0.2) is 5.96 Å². The van der Waals surface area contributed by atoms with Gasteiger partial charge in [-0.15, -0.1) is 0 Å². The molecule has 0 spiro atoms. The molecule has 1 aromatic carbocycles. The molecule has 5 nitrogen and oxygen atoms in total. The van der Waals surface area contributed by atoms with Crippen molar-refractivity contribution in [2.24, 2.45) is 12.0 Å². The first kappa shape index (κ1) is 19.1. The van der Waals surface area contributed by atoms with Crippen molar-refractivity contribution >= 4 is 5.96 Å². The molecule has 2 rings (SSSR count). The molecule has 0 saturated carbocycles. The predicted molar refractivity (Wildman–Crippen MR) is 106 cm³/mol. The molecule has 0 saturated heterocycles. The Bertz CT molecular complexity index is 662. The molecule has 0 aliphatic heterocycles. The van der Waals surface area contributed by atoms with Crippen LogP contribution < -0.4 is 5.32 Å². The topological polar surface area (TPSA) is 35.8 Å². The molecule has 1 atom stereocenters. The highest BCUT2D eigenvalue weighted by atomic mass is 15.3. The Hall–Kier alpha value is -2.27. The van der Waals surface area contributed by atoms with Crippen LogP contribution in [0.15, 0.2) is 53.7 Å². The van der Waals surface area contributed by atoms with Gasteiger partial charge in [0.25, 0.3) is 0 Å². The average Bonchev–Trinajstić information content (AvgIpc) is 3.01. The van der Waals surface area contributed by atoms with Crippen LogP contribution in [0.4, 0.5) is 0 Å². The fourth-order valence-electron chi connectivity index (χ4n) is 2.79. The van der Waals surface area contributed by atoms with E-state index in [1.807, 2.05) is 7.05 Å². The normalized spacial score (nSPS) is 13.1. The Kier molecular flexibility index (Phi) is 7.07. The number of likely N-dealkylation sites (N-methyl/N-ethyl adjacent to an activating group) is 1. The second-order valence-corrected chi connectivity index (χ2v) is 6.64. The molecule has 0 amide bonds. The third-order valence-electron chi connectivity index (χ3n) is 4.61. The van der Waals surface area contributed by atoms with E-state index in [2.05, 4.69) is 101 Å². The lowest BCUT2D eigenvalue weighted by molar-refractivity contribution is 0.247. The van der Waals surface area contributed by atoms with Crippen molar-refractivity contribution in [3.8, 4) is 0 Å². The zero-order valence-electron chi connectivity index (χ0n) is 16.1. The first-order valence-corrected chi connectivity index (χ1v) is 8.77. The van der Waals surface area contributed by atoms with Crippen molar-refractivity contribution < 1.29 is 0 Å². The lowest BCUT2D eigenvalue weighted by atomic mass is 10.2. The summed E-state index contributed by atoms with van der Waals surface area (Å²) < 4.78 is 2.14. The van der Waals surface area contributed by atoms with Crippen LogP contribution in [0.2, 0.25) is 0 Å². The van der Waals surface area contributed by atoms with Crippen molar-refractivity contribution in [2.75, 3.05) is 27.7 Å². The van der Waals surface area contributed by atoms with E-state index in [-0.39, 0.29) is 0 Å². The number of aromatic nitrogens is 1. The largest absolute Gasteiger partial charge is 0.355 e. The van der Waals surface area contributed by atoms with Crippen LogP contribution in [0.1, 0.15) is 18.2 Å². The van der Waals surface area contributed by atoms with Gasteiger partial charge in [-0.2, -0.15) is 0 Å². The minimum Gasteiger partial charge on any atom is -0.355 e. The number of hydrogen-bond donors (Lipinski definition) is 1. The van der Waals surface area contributed by atoms with E-state index in [1.54, 1.807) is 0 Å². The zero-order chi connectivity index (χ0) is 18.2. The van der Waals surface area contributed by atoms with Gasteiger partial charge < -0.3 is 14.8 Å². The molecule has 5 heteroatoms. The minimum absolute atomic E-state index is 0.403. The first-order valence-electron chi connectivity index (χ1n) is 8.77. The molecule has 1 aromatic heterocycles. The molecule has 0 fully saturated rings. The summed E-state index contributed by atoms with van der Waals surface area (Å²) >= 11 is 0. The van der Waals surface area contributed by atoms with E-state index < -0.39 is 0 Å². The van der Waals surface area contributed by atoms with E-state index in [0.29, 0.717) is 6.04 Å². The van der Waals surface area contributed by atoms with Gasteiger partial charge in [0.1, 0.15) is 0 Å². The molecular weight excluding hydrogens is 310 g/mol. The first-order chi connectivity index (χ1) is 12.0. The summed E-state index contributed by atoms with van der Waals surface area (Å²) in [7, 11) is 8.14. The van der Waals surface area contributed by atoms with E-state index in [4.69, 9.17) is 0 Å². The second kappa shape index (κ2) is 9.28. The number of nitrogens with one attached hydrogen (secondary N) is 1. The Morgan fingerprint density at radius 3 is 2.44 bits per heavy atom. The summed E-state index contributed by atoms with van der Waals surface area (Å²) in [6.45, 7) is 4.87. The molecule has 1 heterocycles. The summed E-state index contributed by atoms with van der Waals surface area (Å²) in [5.41, 5.74) is 2.60. The van der Waals surface area contributed by atoms with Crippen LogP contribution in [0.25, 0.3) is 0 Å². The number of hydrogen-bond acceptors (Lipinski definition) is 2. The quantitative estimate of drug-likeness (QED) is 0.621. The molecule has 2 aromatic rings. The summed E-state index contributed by atoms with van der Waals surface area (Å²) in [5.74, 6) is 0.918. The summed E-state index contributed by atoms with van der Waals surface area (Å²) in [6.07, 6.45) is 2.07. The highest BCUT2D eigenvalue weighted by Gasteiger charge is 2.13. The fourth-order valence-corrected chi connectivity index (χ4v) is 2.79. The molecule has 1 N–H and O–H groups in total. The smallest absolute Gasteiger partial charge is 0.193 e. The molecular formula is C20H31N5. The molecule has 136 valence electrons. The van der Waals surface area contributed by atoms with E-state index in [0.717, 1.165) is 25.6 Å². The lowest BCUT2D eigenvalue weighted by Gasteiger charge is -2.28. The Morgan fingerprint density at radius 1 is 1.12 bits per heavy atom. The minimum atomic E-state index is 0.403. The van der Waals surface area contributed by atoms with E-state index in [9.17, 15) is 0 Å². The van der Waals surface area contributed by atoms with Gasteiger partial charge in [0, 0.05) is 52.2 Å². The predicted octanol–water partition coefficient (Wildman–Crippen LogP) is 2.55. The summed E-state index contributed by atoms with van der Waals surface area (Å²) in [4.78, 5) is 8.92. The standard InChI is InChI=1S/C20H31N5/c1-17(24(4)15-18-10-7-6-8-11-18)14-22-20(21-2)25(5)16-19-12-9-13-23(19)3/h6-13,17H,14-16H2,1-5H3,(H,21,22). The highest BCUT2D eigenvalue weighted by molar-refractivity contribution is 5.79. The van der Waals surface area contributed by atoms with Crippen LogP contribution in [0.5, 0.6) is 0 Å². The van der Waals surface area contributed by atoms with Gasteiger partial charge in [0.05, 0.1) is 6.54 Å². The summed E-state index contributed by atoms with van der Waals surface area (Å²) in [5, 5.41) is 3.49. The average molecular weight is 342 g/mol. The SMILES string of the molecule is CN=C(NCC(C)N(C)Cc1ccccc1)N(C)Cc1cccn1C. The number of nitrogens with zero attached hydrogens (tertiary/aromatic N) is 4. The monoisotopic (exact) mass is 341 g/mol. The van der Waals surface area contributed by atoms with Gasteiger partial charge in [0.2, 0.25) is 0 Å². The van der Waals surface area contributed by atoms with Gasteiger partial charge in [-0.3, -0.25) is 9.89 Å². The third kappa shape index (κ3) is 5.64. The molecule has 0 aliphatic rings. The number of guanidine groups is 1. The number of aryl methyl sites for hydroxylation is 1. The maximum atomic E-state index is 4.42. The second-order valence-electron chi connectivity index (χ2n) is 6.64. The zero-order valence-corrected chi connectivity index (χ0v) is 16.1. The number of rotatable bonds is 7. The van der Waals surface area contributed by atoms with Crippen molar-refractivity contribution in [2.45, 2.75) is 26.1 Å². The van der Waals surface area contributed by atoms with Crippen molar-refractivity contribution in [3.63, 3.8) is 0 Å². The van der Waals surface area contributed by atoms with Gasteiger partial charge in [-0.25, -0.2) is 0 Å². The van der Waals surface area contributed by atoms with Crippen LogP contribution >= 0.6 is 0 Å². The summed E-state index contributed by atoms with van der Waals surface area (Å²) in [6, 6.07) is 15.2. The maximum Gasteiger partial charge on any atom is 0.193 e. The molecule has 0 radical (unpaired) electrons. The van der Waals surface area contributed by atoms with Crippen molar-refractivity contribution in [1.82, 2.24) is 19.7 Å². The molecule has 25 heavy (non-hydrogen) atoms. The molecule has 0 aliphatic carbocycles. The van der Waals surface area contributed by atoms with E-state index >= 15 is 0 Å². The van der Waals surface area contributed by atoms with Crippen LogP contribution in [-0.4, -0.2) is 54.1 Å². The number of aliphatic imine (C=N–C) groups is 1. The van der Waals surface area contributed by atoms with Gasteiger partial charge in [-0.05, 0) is 31.7 Å².